The molecule has 4 rings (SSSR count). The first-order chi connectivity index (χ1) is 15.1. The van der Waals surface area contributed by atoms with Crippen LogP contribution >= 0.6 is 0 Å². The Kier molecular flexibility index (Phi) is 5.85. The fourth-order valence-electron chi connectivity index (χ4n) is 3.39. The number of benzene rings is 3. The van der Waals surface area contributed by atoms with Crippen LogP contribution in [0.4, 0.5) is 11.4 Å². The van der Waals surface area contributed by atoms with E-state index >= 15 is 0 Å². The van der Waals surface area contributed by atoms with E-state index in [-0.39, 0.29) is 5.91 Å². The molecule has 1 heterocycles. The van der Waals surface area contributed by atoms with Gasteiger partial charge >= 0.3 is 0 Å². The van der Waals surface area contributed by atoms with E-state index in [2.05, 4.69) is 24.4 Å². The van der Waals surface area contributed by atoms with Crippen molar-refractivity contribution in [2.24, 2.45) is 4.99 Å². The number of rotatable bonds is 5. The standard InChI is InChI=1S/C26H24N2O3/c1-4-18-5-14-25-23(15-18)24(28-21-10-8-20(9-11-21)27-17(2)29)16-26(31-25)19-6-12-22(30-3)13-7-19/h5-16H,4H2,1-3H3,(H,27,29). The minimum absolute atomic E-state index is 0.100. The minimum Gasteiger partial charge on any atom is -0.497 e. The lowest BCUT2D eigenvalue weighted by Crippen LogP contribution is -2.05. The zero-order chi connectivity index (χ0) is 21.8. The molecule has 1 amide bonds. The first kappa shape index (κ1) is 20.4. The molecule has 0 bridgehead atoms. The van der Waals surface area contributed by atoms with Crippen LogP contribution in [0, 0.1) is 0 Å². The molecule has 0 aliphatic carbocycles. The van der Waals surface area contributed by atoms with Crippen LogP contribution in [-0.2, 0) is 11.2 Å². The van der Waals surface area contributed by atoms with Gasteiger partial charge in [0.05, 0.1) is 18.2 Å². The molecule has 31 heavy (non-hydrogen) atoms. The third-order valence-corrected chi connectivity index (χ3v) is 5.03. The van der Waals surface area contributed by atoms with Gasteiger partial charge in [0.1, 0.15) is 17.1 Å². The molecule has 156 valence electrons. The maximum atomic E-state index is 11.3. The van der Waals surface area contributed by atoms with Crippen LogP contribution in [0.5, 0.6) is 5.75 Å². The summed E-state index contributed by atoms with van der Waals surface area (Å²) in [4.78, 5) is 16.1. The number of nitrogens with one attached hydrogen (secondary N) is 1. The van der Waals surface area contributed by atoms with Gasteiger partial charge in [-0.3, -0.25) is 4.79 Å². The second kappa shape index (κ2) is 8.88. The molecule has 0 saturated heterocycles. The summed E-state index contributed by atoms with van der Waals surface area (Å²) in [5.41, 5.74) is 4.48. The summed E-state index contributed by atoms with van der Waals surface area (Å²) in [7, 11) is 1.65. The van der Waals surface area contributed by atoms with Gasteiger partial charge < -0.3 is 14.5 Å². The van der Waals surface area contributed by atoms with E-state index in [1.54, 1.807) is 7.11 Å². The monoisotopic (exact) mass is 412 g/mol. The van der Waals surface area contributed by atoms with Gasteiger partial charge in [-0.1, -0.05) is 13.0 Å². The summed E-state index contributed by atoms with van der Waals surface area (Å²) < 4.78 is 11.5. The van der Waals surface area contributed by atoms with Crippen LogP contribution in [0.3, 0.4) is 0 Å². The number of anilines is 1. The maximum Gasteiger partial charge on any atom is 0.221 e. The van der Waals surface area contributed by atoms with Gasteiger partial charge in [-0.15, -0.1) is 0 Å². The molecule has 0 saturated carbocycles. The van der Waals surface area contributed by atoms with Crippen molar-refractivity contribution < 1.29 is 13.9 Å². The molecule has 0 radical (unpaired) electrons. The fourth-order valence-corrected chi connectivity index (χ4v) is 3.39. The fraction of sp³-hybridized carbons (Fsp3) is 0.154. The smallest absolute Gasteiger partial charge is 0.221 e. The lowest BCUT2D eigenvalue weighted by atomic mass is 10.1. The predicted octanol–water partition coefficient (Wildman–Crippen LogP) is 5.86. The molecule has 3 aromatic carbocycles. The van der Waals surface area contributed by atoms with Crippen molar-refractivity contribution in [2.75, 3.05) is 12.4 Å². The van der Waals surface area contributed by atoms with Gasteiger partial charge in [0.15, 0.2) is 0 Å². The van der Waals surface area contributed by atoms with Crippen molar-refractivity contribution in [3.8, 4) is 17.1 Å². The highest BCUT2D eigenvalue weighted by atomic mass is 16.5. The van der Waals surface area contributed by atoms with Gasteiger partial charge in [0, 0.05) is 29.6 Å². The number of carbonyl (C=O) groups excluding carboxylic acids is 1. The molecule has 0 aliphatic heterocycles. The number of ether oxygens (including phenoxy) is 1. The van der Waals surface area contributed by atoms with Crippen molar-refractivity contribution in [2.45, 2.75) is 20.3 Å². The Hall–Kier alpha value is -3.86. The number of hydrogen-bond acceptors (Lipinski definition) is 4. The molecule has 0 spiro atoms. The Balaban J connectivity index is 1.86. The highest BCUT2D eigenvalue weighted by molar-refractivity contribution is 5.88. The normalized spacial score (nSPS) is 11.5. The highest BCUT2D eigenvalue weighted by Gasteiger charge is 2.08. The van der Waals surface area contributed by atoms with Gasteiger partial charge in [-0.2, -0.15) is 0 Å². The summed E-state index contributed by atoms with van der Waals surface area (Å²) >= 11 is 0. The van der Waals surface area contributed by atoms with Crippen LogP contribution in [0.1, 0.15) is 19.4 Å². The molecule has 5 nitrogen and oxygen atoms in total. The van der Waals surface area contributed by atoms with Crippen molar-refractivity contribution >= 4 is 28.3 Å². The topological polar surface area (TPSA) is 63.8 Å². The van der Waals surface area contributed by atoms with E-state index in [0.29, 0.717) is 0 Å². The molecule has 0 fully saturated rings. The van der Waals surface area contributed by atoms with Crippen LogP contribution in [0.15, 0.2) is 82.2 Å². The van der Waals surface area contributed by atoms with E-state index in [4.69, 9.17) is 14.1 Å². The Morgan fingerprint density at radius 3 is 2.39 bits per heavy atom. The number of amides is 1. The van der Waals surface area contributed by atoms with Crippen LogP contribution in [0.2, 0.25) is 0 Å². The Morgan fingerprint density at radius 2 is 1.74 bits per heavy atom. The van der Waals surface area contributed by atoms with Gasteiger partial charge in [-0.25, -0.2) is 4.99 Å². The number of hydrogen-bond donors (Lipinski definition) is 1. The summed E-state index contributed by atoms with van der Waals surface area (Å²) in [5.74, 6) is 1.42. The predicted molar refractivity (Wildman–Crippen MR) is 124 cm³/mol. The van der Waals surface area contributed by atoms with E-state index in [0.717, 1.165) is 51.2 Å². The average Bonchev–Trinajstić information content (AvgIpc) is 2.79. The summed E-state index contributed by atoms with van der Waals surface area (Å²) in [6.45, 7) is 3.62. The first-order valence-electron chi connectivity index (χ1n) is 10.2. The van der Waals surface area contributed by atoms with Crippen LogP contribution in [0.25, 0.3) is 22.3 Å². The quantitative estimate of drug-likeness (QED) is 0.446. The van der Waals surface area contributed by atoms with Crippen molar-refractivity contribution in [3.63, 3.8) is 0 Å². The second-order valence-corrected chi connectivity index (χ2v) is 7.25. The zero-order valence-electron chi connectivity index (χ0n) is 17.8. The maximum absolute atomic E-state index is 11.3. The van der Waals surface area contributed by atoms with E-state index in [9.17, 15) is 4.79 Å². The summed E-state index contributed by atoms with van der Waals surface area (Å²) in [6, 6.07) is 23.4. The lowest BCUT2D eigenvalue weighted by Gasteiger charge is -2.08. The molecule has 4 aromatic rings. The Morgan fingerprint density at radius 1 is 1.00 bits per heavy atom. The SMILES string of the molecule is CCc1ccc2oc(-c3ccc(OC)cc3)cc(=Nc3ccc(NC(C)=O)cc3)c2c1. The Labute approximate surface area is 181 Å². The zero-order valence-corrected chi connectivity index (χ0v) is 17.8. The van der Waals surface area contributed by atoms with Gasteiger partial charge in [0.2, 0.25) is 5.91 Å². The summed E-state index contributed by atoms with van der Waals surface area (Å²) in [6.07, 6.45) is 0.932. The number of fused-ring (bicyclic) bond motifs is 1. The third-order valence-electron chi connectivity index (χ3n) is 5.03. The number of carbonyl (C=O) groups is 1. The molecule has 1 aromatic heterocycles. The average molecular weight is 412 g/mol. The van der Waals surface area contributed by atoms with Crippen molar-refractivity contribution in [1.29, 1.82) is 0 Å². The lowest BCUT2D eigenvalue weighted by molar-refractivity contribution is -0.114. The van der Waals surface area contributed by atoms with Crippen LogP contribution in [-0.4, -0.2) is 13.0 Å². The molecule has 5 heteroatoms. The van der Waals surface area contributed by atoms with Gasteiger partial charge in [-0.05, 0) is 72.6 Å². The first-order valence-corrected chi connectivity index (χ1v) is 10.2. The minimum atomic E-state index is -0.100. The highest BCUT2D eigenvalue weighted by Crippen LogP contribution is 2.25. The molecular formula is C26H24N2O3. The molecule has 0 atom stereocenters. The second-order valence-electron chi connectivity index (χ2n) is 7.25. The van der Waals surface area contributed by atoms with E-state index in [1.165, 1.54) is 12.5 Å². The molecule has 0 aliphatic rings. The largest absolute Gasteiger partial charge is 0.497 e. The molecule has 1 N–H and O–H groups in total. The molecular weight excluding hydrogens is 388 g/mol. The third kappa shape index (κ3) is 4.67. The number of methoxy groups -OCH3 is 1. The van der Waals surface area contributed by atoms with Crippen LogP contribution < -0.4 is 15.4 Å². The number of aryl methyl sites for hydroxylation is 1. The van der Waals surface area contributed by atoms with Crippen molar-refractivity contribution in [3.05, 3.63) is 83.7 Å². The van der Waals surface area contributed by atoms with E-state index in [1.807, 2.05) is 60.7 Å². The summed E-state index contributed by atoms with van der Waals surface area (Å²) in [5, 5.41) is 4.56. The molecule has 0 unspecified atom stereocenters. The number of nitrogens with zero attached hydrogens (tertiary/aromatic N) is 1. The van der Waals surface area contributed by atoms with Crippen molar-refractivity contribution in [1.82, 2.24) is 0 Å². The van der Waals surface area contributed by atoms with Gasteiger partial charge in [0.25, 0.3) is 0 Å². The van der Waals surface area contributed by atoms with E-state index < -0.39 is 0 Å². The Bertz CT molecular complexity index is 1290.